The Morgan fingerprint density at radius 1 is 1.00 bits per heavy atom. The van der Waals surface area contributed by atoms with Crippen molar-refractivity contribution in [2.24, 2.45) is 0 Å². The van der Waals surface area contributed by atoms with E-state index < -0.39 is 0 Å². The Morgan fingerprint density at radius 2 is 1.73 bits per heavy atom. The maximum Gasteiger partial charge on any atom is 0.256 e. The van der Waals surface area contributed by atoms with Crippen molar-refractivity contribution in [2.75, 3.05) is 27.2 Å². The zero-order valence-electron chi connectivity index (χ0n) is 17.4. The molecule has 0 spiro atoms. The summed E-state index contributed by atoms with van der Waals surface area (Å²) in [4.78, 5) is 26.3. The van der Waals surface area contributed by atoms with Crippen molar-refractivity contribution >= 4 is 22.6 Å². The van der Waals surface area contributed by atoms with E-state index in [0.717, 1.165) is 16.3 Å². The van der Waals surface area contributed by atoms with Gasteiger partial charge in [0.2, 0.25) is 0 Å². The van der Waals surface area contributed by atoms with Gasteiger partial charge in [-0.05, 0) is 48.0 Å². The molecule has 30 heavy (non-hydrogen) atoms. The van der Waals surface area contributed by atoms with Gasteiger partial charge < -0.3 is 15.0 Å². The molecule has 0 aliphatic carbocycles. The maximum atomic E-state index is 12.8. The molecule has 0 fully saturated rings. The third-order valence-corrected chi connectivity index (χ3v) is 4.53. The minimum absolute atomic E-state index is 0.0537. The van der Waals surface area contributed by atoms with Crippen molar-refractivity contribution in [3.05, 3.63) is 77.4 Å². The Bertz CT molecular complexity index is 1120. The van der Waals surface area contributed by atoms with Gasteiger partial charge >= 0.3 is 0 Å². The van der Waals surface area contributed by atoms with Crippen LogP contribution in [0.2, 0.25) is 0 Å². The van der Waals surface area contributed by atoms with E-state index >= 15 is 0 Å². The molecule has 5 nitrogen and oxygen atoms in total. The van der Waals surface area contributed by atoms with Crippen molar-refractivity contribution in [1.82, 2.24) is 10.2 Å². The predicted octanol–water partition coefficient (Wildman–Crippen LogP) is 3.72. The second-order valence-corrected chi connectivity index (χ2v) is 6.85. The lowest BCUT2D eigenvalue weighted by molar-refractivity contribution is 0.0827. The molecule has 1 N–H and O–H groups in total. The number of hydrogen-bond donors (Lipinski definition) is 1. The molecule has 0 unspecified atom stereocenters. The molecule has 5 heteroatoms. The second kappa shape index (κ2) is 9.62. The number of benzene rings is 3. The highest BCUT2D eigenvalue weighted by atomic mass is 16.5. The Balaban J connectivity index is 1.71. The summed E-state index contributed by atoms with van der Waals surface area (Å²) in [6.07, 6.45) is 0. The Kier molecular flexibility index (Phi) is 6.71. The lowest BCUT2D eigenvalue weighted by Crippen LogP contribution is -2.24. The normalized spacial score (nSPS) is 10.1. The van der Waals surface area contributed by atoms with Crippen molar-refractivity contribution in [2.45, 2.75) is 6.92 Å². The lowest BCUT2D eigenvalue weighted by atomic mass is 10.0. The molecule has 3 rings (SSSR count). The highest BCUT2D eigenvalue weighted by Gasteiger charge is 2.16. The van der Waals surface area contributed by atoms with Crippen LogP contribution in [0.3, 0.4) is 0 Å². The average molecular weight is 400 g/mol. The fraction of sp³-hybridized carbons (Fsp3) is 0.200. The van der Waals surface area contributed by atoms with Crippen LogP contribution in [0.25, 0.3) is 10.8 Å². The topological polar surface area (TPSA) is 58.6 Å². The third-order valence-electron chi connectivity index (χ3n) is 4.53. The number of nitrogens with one attached hydrogen (secondary N) is 1. The summed E-state index contributed by atoms with van der Waals surface area (Å²) >= 11 is 0. The molecule has 2 amide bonds. The van der Waals surface area contributed by atoms with Gasteiger partial charge in [-0.3, -0.25) is 9.59 Å². The Labute approximate surface area is 176 Å². The number of rotatable bonds is 5. The van der Waals surface area contributed by atoms with Crippen LogP contribution in [0.15, 0.2) is 60.7 Å². The van der Waals surface area contributed by atoms with Gasteiger partial charge in [-0.2, -0.15) is 0 Å². The molecule has 0 saturated heterocycles. The molecule has 3 aromatic carbocycles. The van der Waals surface area contributed by atoms with Gasteiger partial charge in [-0.15, -0.1) is 0 Å². The first-order valence-electron chi connectivity index (χ1n) is 9.74. The molecular formula is C25H24N2O3. The standard InChI is InChI=1S/C25H24N2O3/c1-4-30-22-16-15-19-9-5-6-10-21(19)23(22)24(28)26-17-7-8-18-11-13-20(14-12-18)25(29)27(2)3/h5-6,9-16H,4,17H2,1-3H3,(H,26,28). The fourth-order valence-electron chi connectivity index (χ4n) is 3.07. The SMILES string of the molecule is CCOc1ccc2ccccc2c1C(=O)NCC#Cc1ccc(C(=O)N(C)C)cc1. The number of amides is 2. The van der Waals surface area contributed by atoms with Crippen molar-refractivity contribution in [1.29, 1.82) is 0 Å². The number of hydrogen-bond acceptors (Lipinski definition) is 3. The summed E-state index contributed by atoms with van der Waals surface area (Å²) in [5, 5.41) is 4.67. The van der Waals surface area contributed by atoms with E-state index in [1.165, 1.54) is 4.90 Å². The lowest BCUT2D eigenvalue weighted by Gasteiger charge is -2.12. The number of nitrogens with zero attached hydrogens (tertiary/aromatic N) is 1. The number of carbonyl (C=O) groups excluding carboxylic acids is 2. The third kappa shape index (κ3) is 4.79. The molecule has 0 radical (unpaired) electrons. The van der Waals surface area contributed by atoms with Crippen LogP contribution < -0.4 is 10.1 Å². The summed E-state index contributed by atoms with van der Waals surface area (Å²) < 4.78 is 5.66. The van der Waals surface area contributed by atoms with E-state index in [4.69, 9.17) is 4.74 Å². The number of fused-ring (bicyclic) bond motifs is 1. The molecule has 0 aliphatic heterocycles. The molecule has 0 atom stereocenters. The van der Waals surface area contributed by atoms with E-state index in [0.29, 0.717) is 23.5 Å². The van der Waals surface area contributed by atoms with Crippen LogP contribution in [-0.4, -0.2) is 44.0 Å². The first-order chi connectivity index (χ1) is 14.5. The Morgan fingerprint density at radius 3 is 2.43 bits per heavy atom. The van der Waals surface area contributed by atoms with Crippen molar-refractivity contribution in [3.8, 4) is 17.6 Å². The van der Waals surface area contributed by atoms with Gasteiger partial charge in [-0.1, -0.05) is 42.2 Å². The first kappa shape index (κ1) is 20.9. The molecular weight excluding hydrogens is 376 g/mol. The molecule has 0 aliphatic rings. The number of ether oxygens (including phenoxy) is 1. The van der Waals surface area contributed by atoms with E-state index in [2.05, 4.69) is 17.2 Å². The Hall–Kier alpha value is -3.78. The summed E-state index contributed by atoms with van der Waals surface area (Å²) in [5.41, 5.74) is 1.90. The highest BCUT2D eigenvalue weighted by Crippen LogP contribution is 2.28. The molecule has 0 heterocycles. The number of carbonyl (C=O) groups is 2. The summed E-state index contributed by atoms with van der Waals surface area (Å²) in [6, 6.07) is 18.6. The smallest absolute Gasteiger partial charge is 0.256 e. The molecule has 3 aromatic rings. The zero-order chi connectivity index (χ0) is 21.5. The quantitative estimate of drug-likeness (QED) is 0.664. The summed E-state index contributed by atoms with van der Waals surface area (Å²) in [5.74, 6) is 6.24. The predicted molar refractivity (Wildman–Crippen MR) is 119 cm³/mol. The van der Waals surface area contributed by atoms with Gasteiger partial charge in [0, 0.05) is 25.2 Å². The highest BCUT2D eigenvalue weighted by molar-refractivity contribution is 6.09. The van der Waals surface area contributed by atoms with Crippen LogP contribution in [0.4, 0.5) is 0 Å². The maximum absolute atomic E-state index is 12.8. The van der Waals surface area contributed by atoms with Gasteiger partial charge in [0.25, 0.3) is 11.8 Å². The van der Waals surface area contributed by atoms with E-state index in [1.54, 1.807) is 38.4 Å². The van der Waals surface area contributed by atoms with E-state index in [1.807, 2.05) is 43.3 Å². The minimum atomic E-state index is -0.225. The van der Waals surface area contributed by atoms with Crippen molar-refractivity contribution < 1.29 is 14.3 Å². The summed E-state index contributed by atoms with van der Waals surface area (Å²) in [6.45, 7) is 2.57. The molecule has 152 valence electrons. The minimum Gasteiger partial charge on any atom is -0.493 e. The van der Waals surface area contributed by atoms with Crippen LogP contribution in [-0.2, 0) is 0 Å². The van der Waals surface area contributed by atoms with Gasteiger partial charge in [0.05, 0.1) is 18.7 Å². The van der Waals surface area contributed by atoms with Gasteiger partial charge in [0.15, 0.2) is 0 Å². The van der Waals surface area contributed by atoms with Crippen molar-refractivity contribution in [3.63, 3.8) is 0 Å². The van der Waals surface area contributed by atoms with Crippen LogP contribution in [0.5, 0.6) is 5.75 Å². The molecule has 0 aromatic heterocycles. The van der Waals surface area contributed by atoms with Crippen LogP contribution >= 0.6 is 0 Å². The van der Waals surface area contributed by atoms with Gasteiger partial charge in [0.1, 0.15) is 5.75 Å². The zero-order valence-corrected chi connectivity index (χ0v) is 17.4. The fourth-order valence-corrected chi connectivity index (χ4v) is 3.07. The summed E-state index contributed by atoms with van der Waals surface area (Å²) in [7, 11) is 3.43. The monoisotopic (exact) mass is 400 g/mol. The molecule has 0 bridgehead atoms. The van der Waals surface area contributed by atoms with Crippen LogP contribution in [0.1, 0.15) is 33.2 Å². The van der Waals surface area contributed by atoms with E-state index in [-0.39, 0.29) is 18.4 Å². The van der Waals surface area contributed by atoms with E-state index in [9.17, 15) is 9.59 Å². The van der Waals surface area contributed by atoms with Gasteiger partial charge in [-0.25, -0.2) is 0 Å². The first-order valence-corrected chi connectivity index (χ1v) is 9.74. The van der Waals surface area contributed by atoms with Crippen LogP contribution in [0, 0.1) is 11.8 Å². The molecule has 0 saturated carbocycles. The largest absolute Gasteiger partial charge is 0.493 e. The average Bonchev–Trinajstić information content (AvgIpc) is 2.76. The second-order valence-electron chi connectivity index (χ2n) is 6.85.